The molecule has 1 N–H and O–H groups in total. The number of benzene rings is 1. The van der Waals surface area contributed by atoms with Gasteiger partial charge in [-0.05, 0) is 24.3 Å². The lowest BCUT2D eigenvalue weighted by atomic mass is 10.2. The number of halogens is 1. The van der Waals surface area contributed by atoms with Crippen molar-refractivity contribution in [3.8, 4) is 11.4 Å². The van der Waals surface area contributed by atoms with Gasteiger partial charge in [0, 0.05) is 44.7 Å². The smallest absolute Gasteiger partial charge is 0.228 e. The highest BCUT2D eigenvalue weighted by Crippen LogP contribution is 2.18. The van der Waals surface area contributed by atoms with Crippen LogP contribution in [-0.2, 0) is 20.0 Å². The number of guanidine groups is 1. The number of hydrogen-bond donors (Lipinski definition) is 1. The highest BCUT2D eigenvalue weighted by Gasteiger charge is 2.12. The second-order valence-electron chi connectivity index (χ2n) is 5.90. The van der Waals surface area contributed by atoms with Crippen molar-refractivity contribution in [2.45, 2.75) is 13.0 Å². The largest absolute Gasteiger partial charge is 0.356 e. The molecule has 0 spiro atoms. The van der Waals surface area contributed by atoms with Gasteiger partial charge in [-0.25, -0.2) is 4.98 Å². The van der Waals surface area contributed by atoms with E-state index in [1.165, 1.54) is 6.33 Å². The van der Waals surface area contributed by atoms with Crippen molar-refractivity contribution >= 4 is 17.6 Å². The number of aromatic nitrogens is 5. The van der Waals surface area contributed by atoms with E-state index in [0.29, 0.717) is 36.2 Å². The van der Waals surface area contributed by atoms with Crippen molar-refractivity contribution in [3.05, 3.63) is 47.3 Å². The maximum Gasteiger partial charge on any atom is 0.228 e. The molecule has 0 aliphatic carbocycles. The minimum Gasteiger partial charge on any atom is -0.356 e. The first kappa shape index (κ1) is 18.8. The second kappa shape index (κ2) is 8.63. The zero-order valence-electron chi connectivity index (χ0n) is 15.4. The molecule has 0 aliphatic rings. The SMILES string of the molecule is CN=C(NCCc1nc(-c2ccc(Cl)cc2)no1)N(C)Cc1ncnn1C. The van der Waals surface area contributed by atoms with Crippen LogP contribution >= 0.6 is 11.6 Å². The van der Waals surface area contributed by atoms with Crippen LogP contribution in [0.2, 0.25) is 5.02 Å². The molecular formula is C17H21ClN8O. The Labute approximate surface area is 162 Å². The molecule has 0 saturated heterocycles. The van der Waals surface area contributed by atoms with Crippen LogP contribution in [0.5, 0.6) is 0 Å². The summed E-state index contributed by atoms with van der Waals surface area (Å²) in [5.74, 6) is 2.70. The van der Waals surface area contributed by atoms with Crippen molar-refractivity contribution in [3.63, 3.8) is 0 Å². The Morgan fingerprint density at radius 1 is 1.33 bits per heavy atom. The lowest BCUT2D eigenvalue weighted by Crippen LogP contribution is -2.39. The van der Waals surface area contributed by atoms with Gasteiger partial charge in [-0.3, -0.25) is 9.67 Å². The third-order valence-electron chi connectivity index (χ3n) is 3.95. The van der Waals surface area contributed by atoms with Crippen molar-refractivity contribution in [1.29, 1.82) is 0 Å². The lowest BCUT2D eigenvalue weighted by Gasteiger charge is -2.21. The molecule has 3 rings (SSSR count). The first-order valence-corrected chi connectivity index (χ1v) is 8.78. The van der Waals surface area contributed by atoms with Crippen LogP contribution in [0, 0.1) is 0 Å². The fraction of sp³-hybridized carbons (Fsp3) is 0.353. The lowest BCUT2D eigenvalue weighted by molar-refractivity contribution is 0.377. The third kappa shape index (κ3) is 4.82. The van der Waals surface area contributed by atoms with E-state index in [1.807, 2.05) is 31.1 Å². The molecule has 0 unspecified atom stereocenters. The van der Waals surface area contributed by atoms with Crippen LogP contribution in [-0.4, -0.2) is 56.4 Å². The number of aryl methyl sites for hydroxylation is 1. The van der Waals surface area contributed by atoms with E-state index in [9.17, 15) is 0 Å². The zero-order chi connectivity index (χ0) is 19.2. The van der Waals surface area contributed by atoms with Crippen molar-refractivity contribution in [2.24, 2.45) is 12.0 Å². The van der Waals surface area contributed by atoms with Crippen LogP contribution in [0.25, 0.3) is 11.4 Å². The van der Waals surface area contributed by atoms with Gasteiger partial charge >= 0.3 is 0 Å². The van der Waals surface area contributed by atoms with Crippen LogP contribution in [0.15, 0.2) is 40.1 Å². The average molecular weight is 389 g/mol. The van der Waals surface area contributed by atoms with E-state index < -0.39 is 0 Å². The second-order valence-corrected chi connectivity index (χ2v) is 6.33. The Bertz CT molecular complexity index is 902. The summed E-state index contributed by atoms with van der Waals surface area (Å²) in [6.07, 6.45) is 2.12. The van der Waals surface area contributed by atoms with Gasteiger partial charge in [-0.1, -0.05) is 16.8 Å². The molecule has 2 aromatic heterocycles. The van der Waals surface area contributed by atoms with Gasteiger partial charge in [0.2, 0.25) is 11.7 Å². The molecular weight excluding hydrogens is 368 g/mol. The molecule has 0 saturated carbocycles. The molecule has 0 radical (unpaired) electrons. The van der Waals surface area contributed by atoms with Gasteiger partial charge in [0.15, 0.2) is 5.96 Å². The number of hydrogen-bond acceptors (Lipinski definition) is 6. The molecule has 0 fully saturated rings. The van der Waals surface area contributed by atoms with E-state index >= 15 is 0 Å². The number of nitrogens with one attached hydrogen (secondary N) is 1. The standard InChI is InChI=1S/C17H21ClN8O/c1-19-17(25(2)10-14-21-11-22-26(14)3)20-9-8-15-23-16(24-27-15)12-4-6-13(18)7-5-12/h4-7,11H,8-10H2,1-3H3,(H,19,20). The normalized spacial score (nSPS) is 11.6. The van der Waals surface area contributed by atoms with E-state index in [2.05, 4.69) is 30.5 Å². The van der Waals surface area contributed by atoms with Crippen LogP contribution in [0.4, 0.5) is 0 Å². The summed E-state index contributed by atoms with van der Waals surface area (Å²) < 4.78 is 7.05. The van der Waals surface area contributed by atoms with Crippen LogP contribution in [0.3, 0.4) is 0 Å². The number of rotatable bonds is 6. The van der Waals surface area contributed by atoms with Gasteiger partial charge < -0.3 is 14.7 Å². The predicted octanol–water partition coefficient (Wildman–Crippen LogP) is 1.77. The molecule has 0 bridgehead atoms. The molecule has 0 aliphatic heterocycles. The number of nitrogens with zero attached hydrogens (tertiary/aromatic N) is 7. The summed E-state index contributed by atoms with van der Waals surface area (Å²) in [6, 6.07) is 7.31. The van der Waals surface area contributed by atoms with E-state index in [-0.39, 0.29) is 0 Å². The topological polar surface area (TPSA) is 97.3 Å². The molecule has 9 nitrogen and oxygen atoms in total. The maximum absolute atomic E-state index is 5.90. The summed E-state index contributed by atoms with van der Waals surface area (Å²) in [6.45, 7) is 1.20. The van der Waals surface area contributed by atoms with Crippen molar-refractivity contribution in [2.75, 3.05) is 20.6 Å². The Kier molecular flexibility index (Phi) is 6.02. The molecule has 0 amide bonds. The Morgan fingerprint density at radius 3 is 2.78 bits per heavy atom. The minimum absolute atomic E-state index is 0.547. The summed E-state index contributed by atoms with van der Waals surface area (Å²) in [5.41, 5.74) is 0.863. The Morgan fingerprint density at radius 2 is 2.11 bits per heavy atom. The van der Waals surface area contributed by atoms with Gasteiger partial charge in [0.1, 0.15) is 12.2 Å². The quantitative estimate of drug-likeness (QED) is 0.507. The van der Waals surface area contributed by atoms with Crippen molar-refractivity contribution in [1.82, 2.24) is 35.1 Å². The average Bonchev–Trinajstić information content (AvgIpc) is 3.29. The van der Waals surface area contributed by atoms with Gasteiger partial charge in [0.25, 0.3) is 0 Å². The molecule has 10 heteroatoms. The monoisotopic (exact) mass is 388 g/mol. The van der Waals surface area contributed by atoms with Crippen molar-refractivity contribution < 1.29 is 4.52 Å². The summed E-state index contributed by atoms with van der Waals surface area (Å²) in [7, 11) is 5.54. The van der Waals surface area contributed by atoms with Gasteiger partial charge in [-0.15, -0.1) is 0 Å². The molecule has 3 aromatic rings. The highest BCUT2D eigenvalue weighted by molar-refractivity contribution is 6.30. The van der Waals surface area contributed by atoms with Gasteiger partial charge in [-0.2, -0.15) is 10.1 Å². The first-order chi connectivity index (χ1) is 13.1. The van der Waals surface area contributed by atoms with E-state index in [4.69, 9.17) is 16.1 Å². The molecule has 27 heavy (non-hydrogen) atoms. The Balaban J connectivity index is 1.52. The third-order valence-corrected chi connectivity index (χ3v) is 4.20. The van der Waals surface area contributed by atoms with E-state index in [1.54, 1.807) is 23.9 Å². The first-order valence-electron chi connectivity index (χ1n) is 8.40. The fourth-order valence-corrected chi connectivity index (χ4v) is 2.61. The molecule has 1 aromatic carbocycles. The zero-order valence-corrected chi connectivity index (χ0v) is 16.2. The van der Waals surface area contributed by atoms with Gasteiger partial charge in [0.05, 0.1) is 6.54 Å². The summed E-state index contributed by atoms with van der Waals surface area (Å²) in [4.78, 5) is 14.9. The highest BCUT2D eigenvalue weighted by atomic mass is 35.5. The maximum atomic E-state index is 5.90. The predicted molar refractivity (Wildman–Crippen MR) is 102 cm³/mol. The van der Waals surface area contributed by atoms with E-state index in [0.717, 1.165) is 17.3 Å². The van der Waals surface area contributed by atoms with Crippen LogP contribution in [0.1, 0.15) is 11.7 Å². The molecule has 2 heterocycles. The minimum atomic E-state index is 0.547. The Hall–Kier alpha value is -2.94. The summed E-state index contributed by atoms with van der Waals surface area (Å²) in [5, 5.41) is 12.0. The number of aliphatic imine (C=N–C) groups is 1. The van der Waals surface area contributed by atoms with Crippen LogP contribution < -0.4 is 5.32 Å². The summed E-state index contributed by atoms with van der Waals surface area (Å²) >= 11 is 5.90. The fourth-order valence-electron chi connectivity index (χ4n) is 2.49. The molecule has 142 valence electrons. The molecule has 0 atom stereocenters.